The highest BCUT2D eigenvalue weighted by molar-refractivity contribution is 7.90. The molecule has 156 valence electrons. The molecule has 10 heteroatoms. The van der Waals surface area contributed by atoms with Crippen molar-refractivity contribution in [2.24, 2.45) is 10.9 Å². The van der Waals surface area contributed by atoms with Gasteiger partial charge in [0, 0.05) is 38.4 Å². The van der Waals surface area contributed by atoms with Crippen molar-refractivity contribution in [1.82, 2.24) is 9.62 Å². The van der Waals surface area contributed by atoms with E-state index in [-0.39, 0.29) is 19.0 Å². The summed E-state index contributed by atoms with van der Waals surface area (Å²) in [6, 6.07) is 8.14. The maximum absolute atomic E-state index is 12.7. The van der Waals surface area contributed by atoms with Crippen molar-refractivity contribution in [3.8, 4) is 0 Å². The van der Waals surface area contributed by atoms with Crippen LogP contribution < -0.4 is 10.2 Å². The Morgan fingerprint density at radius 3 is 2.54 bits per heavy atom. The van der Waals surface area contributed by atoms with Crippen LogP contribution in [0.3, 0.4) is 0 Å². The van der Waals surface area contributed by atoms with Crippen LogP contribution >= 0.6 is 0 Å². The van der Waals surface area contributed by atoms with Gasteiger partial charge in [-0.15, -0.1) is 0 Å². The van der Waals surface area contributed by atoms with Gasteiger partial charge in [0.25, 0.3) is 0 Å². The second kappa shape index (κ2) is 8.28. The van der Waals surface area contributed by atoms with E-state index in [2.05, 4.69) is 22.3 Å². The summed E-state index contributed by atoms with van der Waals surface area (Å²) in [7, 11) is -5.23. The van der Waals surface area contributed by atoms with Crippen LogP contribution in [0.4, 0.5) is 18.9 Å². The molecule has 0 spiro atoms. The van der Waals surface area contributed by atoms with E-state index in [1.165, 1.54) is 5.56 Å². The molecule has 3 rings (SSSR count). The first-order chi connectivity index (χ1) is 13.2. The number of halogens is 3. The molecule has 0 aliphatic carbocycles. The number of fused-ring (bicyclic) bond motifs is 1. The lowest BCUT2D eigenvalue weighted by Gasteiger charge is -2.31. The fourth-order valence-corrected chi connectivity index (χ4v) is 4.63. The highest BCUT2D eigenvalue weighted by Crippen LogP contribution is 2.31. The largest absolute Gasteiger partial charge is 0.511 e. The standard InChI is InChI=1S/C18H25F3N4O2S/c1-2-22-17(25-12-9-15-5-3-4-6-16(15)25)23-13-14-7-10-24(11-8-14)28(26,27)18(19,20)21/h3-6,14H,2,7-13H2,1H3,(H,22,23). The first-order valence-electron chi connectivity index (χ1n) is 9.44. The summed E-state index contributed by atoms with van der Waals surface area (Å²) in [6.45, 7) is 3.74. The molecule has 1 fully saturated rings. The Kier molecular flexibility index (Phi) is 6.18. The number of sulfonamides is 1. The van der Waals surface area contributed by atoms with E-state index in [0.29, 0.717) is 30.2 Å². The van der Waals surface area contributed by atoms with Crippen molar-refractivity contribution in [1.29, 1.82) is 0 Å². The number of benzene rings is 1. The van der Waals surface area contributed by atoms with Crippen LogP contribution in [0, 0.1) is 5.92 Å². The molecular weight excluding hydrogens is 393 g/mol. The van der Waals surface area contributed by atoms with Gasteiger partial charge in [-0.05, 0) is 43.7 Å². The number of nitrogens with one attached hydrogen (secondary N) is 1. The molecule has 0 saturated carbocycles. The van der Waals surface area contributed by atoms with E-state index in [1.807, 2.05) is 19.1 Å². The summed E-state index contributed by atoms with van der Waals surface area (Å²) in [5.74, 6) is 0.823. The van der Waals surface area contributed by atoms with Crippen LogP contribution in [0.2, 0.25) is 0 Å². The Bertz CT molecular complexity index is 818. The number of hydrogen-bond acceptors (Lipinski definition) is 3. The molecule has 1 N–H and O–H groups in total. The van der Waals surface area contributed by atoms with Crippen molar-refractivity contribution in [3.05, 3.63) is 29.8 Å². The number of rotatable bonds is 4. The number of guanidine groups is 1. The van der Waals surface area contributed by atoms with Crippen LogP contribution in [0.5, 0.6) is 0 Å². The topological polar surface area (TPSA) is 65.0 Å². The van der Waals surface area contributed by atoms with Crippen molar-refractivity contribution in [2.75, 3.05) is 37.6 Å². The Morgan fingerprint density at radius 1 is 1.21 bits per heavy atom. The third-order valence-corrected chi connectivity index (χ3v) is 6.81. The molecule has 0 radical (unpaired) electrons. The van der Waals surface area contributed by atoms with Crippen LogP contribution in [0.1, 0.15) is 25.3 Å². The number of nitrogens with zero attached hydrogens (tertiary/aromatic N) is 3. The zero-order chi connectivity index (χ0) is 20.4. The molecule has 0 amide bonds. The number of aliphatic imine (C=N–C) groups is 1. The van der Waals surface area contributed by atoms with E-state index in [0.717, 1.165) is 24.6 Å². The second-order valence-electron chi connectivity index (χ2n) is 7.02. The summed E-state index contributed by atoms with van der Waals surface area (Å²) in [4.78, 5) is 6.82. The van der Waals surface area contributed by atoms with Crippen LogP contribution in [-0.4, -0.2) is 56.9 Å². The second-order valence-corrected chi connectivity index (χ2v) is 8.95. The SMILES string of the molecule is CCNC(=NCC1CCN(S(=O)(=O)C(F)(F)F)CC1)N1CCc2ccccc21. The molecule has 28 heavy (non-hydrogen) atoms. The zero-order valence-corrected chi connectivity index (χ0v) is 16.6. The number of piperidine rings is 1. The molecule has 0 aromatic heterocycles. The predicted molar refractivity (Wildman–Crippen MR) is 103 cm³/mol. The quantitative estimate of drug-likeness (QED) is 0.603. The third-order valence-electron chi connectivity index (χ3n) is 5.18. The summed E-state index contributed by atoms with van der Waals surface area (Å²) in [5.41, 5.74) is -2.86. The normalized spacial score (nSPS) is 19.7. The molecule has 1 aromatic carbocycles. The molecule has 2 heterocycles. The molecule has 2 aliphatic rings. The van der Waals surface area contributed by atoms with E-state index < -0.39 is 15.5 Å². The lowest BCUT2D eigenvalue weighted by atomic mass is 9.98. The first kappa shape index (κ1) is 20.9. The fraction of sp³-hybridized carbons (Fsp3) is 0.611. The molecule has 1 saturated heterocycles. The van der Waals surface area contributed by atoms with Gasteiger partial charge in [0.15, 0.2) is 5.96 Å². The number of alkyl halides is 3. The van der Waals surface area contributed by atoms with E-state index >= 15 is 0 Å². The average molecular weight is 418 g/mol. The van der Waals surface area contributed by atoms with Gasteiger partial charge in [-0.3, -0.25) is 4.99 Å². The highest BCUT2D eigenvalue weighted by atomic mass is 32.2. The van der Waals surface area contributed by atoms with E-state index in [9.17, 15) is 21.6 Å². The maximum Gasteiger partial charge on any atom is 0.511 e. The lowest BCUT2D eigenvalue weighted by molar-refractivity contribution is -0.0496. The van der Waals surface area contributed by atoms with E-state index in [1.54, 1.807) is 0 Å². The Balaban J connectivity index is 1.63. The summed E-state index contributed by atoms with van der Waals surface area (Å²) in [5, 5.41) is 3.28. The highest BCUT2D eigenvalue weighted by Gasteiger charge is 2.50. The van der Waals surface area contributed by atoms with Gasteiger partial charge in [-0.1, -0.05) is 18.2 Å². The molecule has 0 bridgehead atoms. The molecule has 0 unspecified atom stereocenters. The average Bonchev–Trinajstić information content (AvgIpc) is 3.08. The first-order valence-corrected chi connectivity index (χ1v) is 10.9. The molecule has 1 aromatic rings. The van der Waals surface area contributed by atoms with Crippen molar-refractivity contribution < 1.29 is 21.6 Å². The summed E-state index contributed by atoms with van der Waals surface area (Å²) in [6.07, 6.45) is 1.68. The van der Waals surface area contributed by atoms with Crippen LogP contribution in [0.25, 0.3) is 0 Å². The lowest BCUT2D eigenvalue weighted by Crippen LogP contribution is -2.45. The summed E-state index contributed by atoms with van der Waals surface area (Å²) < 4.78 is 61.6. The Morgan fingerprint density at radius 2 is 1.89 bits per heavy atom. The maximum atomic E-state index is 12.7. The van der Waals surface area contributed by atoms with Gasteiger partial charge in [-0.25, -0.2) is 8.42 Å². The number of anilines is 1. The fourth-order valence-electron chi connectivity index (χ4n) is 3.65. The minimum Gasteiger partial charge on any atom is -0.356 e. The summed E-state index contributed by atoms with van der Waals surface area (Å²) >= 11 is 0. The molecule has 6 nitrogen and oxygen atoms in total. The van der Waals surface area contributed by atoms with Gasteiger partial charge < -0.3 is 10.2 Å². The molecule has 2 aliphatic heterocycles. The zero-order valence-electron chi connectivity index (χ0n) is 15.7. The number of para-hydroxylation sites is 1. The number of hydrogen-bond donors (Lipinski definition) is 1. The van der Waals surface area contributed by atoms with Gasteiger partial charge in [-0.2, -0.15) is 17.5 Å². The smallest absolute Gasteiger partial charge is 0.356 e. The van der Waals surface area contributed by atoms with Crippen LogP contribution in [0.15, 0.2) is 29.3 Å². The van der Waals surface area contributed by atoms with Crippen molar-refractivity contribution >= 4 is 21.7 Å². The van der Waals surface area contributed by atoms with Gasteiger partial charge in [0.1, 0.15) is 0 Å². The van der Waals surface area contributed by atoms with Crippen molar-refractivity contribution in [2.45, 2.75) is 31.7 Å². The minimum absolute atomic E-state index is 0.0613. The molecular formula is C18H25F3N4O2S. The van der Waals surface area contributed by atoms with E-state index in [4.69, 9.17) is 4.99 Å². The van der Waals surface area contributed by atoms with Gasteiger partial charge >= 0.3 is 15.5 Å². The van der Waals surface area contributed by atoms with Crippen LogP contribution in [-0.2, 0) is 16.4 Å². The minimum atomic E-state index is -5.24. The monoisotopic (exact) mass is 418 g/mol. The van der Waals surface area contributed by atoms with Gasteiger partial charge in [0.2, 0.25) is 0 Å². The van der Waals surface area contributed by atoms with Gasteiger partial charge in [0.05, 0.1) is 0 Å². The van der Waals surface area contributed by atoms with Crippen molar-refractivity contribution in [3.63, 3.8) is 0 Å². The Labute approximate surface area is 163 Å². The third kappa shape index (κ3) is 4.27. The Hall–Kier alpha value is -1.81. The molecule has 0 atom stereocenters. The predicted octanol–water partition coefficient (Wildman–Crippen LogP) is 2.58.